The minimum atomic E-state index is -4.68. The SMILES string of the molecule is CN1Cc2cc(Cl)ccc2-n2c(nnc2C2CCC(c3cccc(OC(F)(F)F)c3)CC2)C1. The second-order valence-electron chi connectivity index (χ2n) is 8.92. The molecule has 1 aliphatic heterocycles. The molecule has 2 aliphatic rings. The molecule has 1 aromatic heterocycles. The molecule has 5 rings (SSSR count). The summed E-state index contributed by atoms with van der Waals surface area (Å²) < 4.78 is 44.1. The van der Waals surface area contributed by atoms with E-state index in [4.69, 9.17) is 11.6 Å². The minimum Gasteiger partial charge on any atom is -0.406 e. The van der Waals surface area contributed by atoms with Gasteiger partial charge in [-0.1, -0.05) is 23.7 Å². The topological polar surface area (TPSA) is 43.2 Å². The Morgan fingerprint density at radius 1 is 0.970 bits per heavy atom. The standard InChI is InChI=1S/C24H24ClF3N4O/c1-31-13-18-11-19(25)9-10-21(18)32-22(14-31)29-30-23(32)16-7-5-15(6-8-16)17-3-2-4-20(12-17)33-24(26,27)28/h2-4,9-12,15-16H,5-8,13-14H2,1H3. The van der Waals surface area contributed by atoms with Gasteiger partial charge in [-0.2, -0.15) is 0 Å². The summed E-state index contributed by atoms with van der Waals surface area (Å²) in [5.41, 5.74) is 3.09. The summed E-state index contributed by atoms with van der Waals surface area (Å²) in [6.45, 7) is 1.47. The van der Waals surface area contributed by atoms with Crippen LogP contribution in [0.2, 0.25) is 5.02 Å². The molecule has 1 fully saturated rings. The van der Waals surface area contributed by atoms with Crippen LogP contribution in [-0.4, -0.2) is 33.1 Å². The third kappa shape index (κ3) is 4.73. The van der Waals surface area contributed by atoms with E-state index in [0.717, 1.165) is 60.7 Å². The number of hydrogen-bond donors (Lipinski definition) is 0. The Hall–Kier alpha value is -2.58. The Labute approximate surface area is 195 Å². The fourth-order valence-corrected chi connectivity index (χ4v) is 5.29. The number of alkyl halides is 3. The molecule has 9 heteroatoms. The molecule has 174 valence electrons. The highest BCUT2D eigenvalue weighted by Gasteiger charge is 2.33. The number of rotatable bonds is 3. The Bertz CT molecular complexity index is 1150. The molecule has 0 N–H and O–H groups in total. The van der Waals surface area contributed by atoms with E-state index in [1.54, 1.807) is 6.07 Å². The number of fused-ring (bicyclic) bond motifs is 3. The molecule has 0 radical (unpaired) electrons. The molecule has 33 heavy (non-hydrogen) atoms. The van der Waals surface area contributed by atoms with Gasteiger partial charge in [0.1, 0.15) is 11.6 Å². The zero-order chi connectivity index (χ0) is 23.2. The Balaban J connectivity index is 1.37. The van der Waals surface area contributed by atoms with Gasteiger partial charge >= 0.3 is 6.36 Å². The monoisotopic (exact) mass is 476 g/mol. The van der Waals surface area contributed by atoms with Crippen LogP contribution < -0.4 is 4.74 Å². The van der Waals surface area contributed by atoms with Crippen LogP contribution >= 0.6 is 11.6 Å². The molecule has 0 bridgehead atoms. The first-order valence-corrected chi connectivity index (χ1v) is 11.4. The largest absolute Gasteiger partial charge is 0.573 e. The van der Waals surface area contributed by atoms with E-state index in [0.29, 0.717) is 11.6 Å². The highest BCUT2D eigenvalue weighted by atomic mass is 35.5. The van der Waals surface area contributed by atoms with Crippen molar-refractivity contribution in [1.82, 2.24) is 19.7 Å². The third-order valence-electron chi connectivity index (χ3n) is 6.54. The molecule has 1 aliphatic carbocycles. The van der Waals surface area contributed by atoms with Gasteiger partial charge in [0, 0.05) is 17.5 Å². The maximum atomic E-state index is 12.6. The van der Waals surface area contributed by atoms with Crippen LogP contribution in [0.25, 0.3) is 5.69 Å². The van der Waals surface area contributed by atoms with E-state index in [-0.39, 0.29) is 17.6 Å². The highest BCUT2D eigenvalue weighted by Crippen LogP contribution is 2.42. The van der Waals surface area contributed by atoms with Crippen molar-refractivity contribution in [2.24, 2.45) is 0 Å². The number of aromatic nitrogens is 3. The van der Waals surface area contributed by atoms with E-state index in [9.17, 15) is 13.2 Å². The molecule has 5 nitrogen and oxygen atoms in total. The summed E-state index contributed by atoms with van der Waals surface area (Å²) in [4.78, 5) is 2.19. The minimum absolute atomic E-state index is 0.163. The number of halogens is 4. The average molecular weight is 477 g/mol. The van der Waals surface area contributed by atoms with Crippen molar-refractivity contribution in [3.05, 3.63) is 70.3 Å². The number of ether oxygens (including phenoxy) is 1. The molecule has 1 saturated carbocycles. The second-order valence-corrected chi connectivity index (χ2v) is 9.36. The predicted octanol–water partition coefficient (Wildman–Crippen LogP) is 6.21. The van der Waals surface area contributed by atoms with Gasteiger partial charge in [-0.25, -0.2) is 0 Å². The normalized spacial score (nSPS) is 21.2. The van der Waals surface area contributed by atoms with Gasteiger partial charge in [0.25, 0.3) is 0 Å². The van der Waals surface area contributed by atoms with E-state index in [1.165, 1.54) is 12.1 Å². The van der Waals surface area contributed by atoms with Gasteiger partial charge in [0.15, 0.2) is 5.82 Å². The Morgan fingerprint density at radius 3 is 2.48 bits per heavy atom. The van der Waals surface area contributed by atoms with Crippen molar-refractivity contribution < 1.29 is 17.9 Å². The van der Waals surface area contributed by atoms with Crippen LogP contribution in [0.1, 0.15) is 60.3 Å². The van der Waals surface area contributed by atoms with Crippen molar-refractivity contribution >= 4 is 11.6 Å². The lowest BCUT2D eigenvalue weighted by Gasteiger charge is -2.29. The van der Waals surface area contributed by atoms with Gasteiger partial charge in [0.2, 0.25) is 0 Å². The van der Waals surface area contributed by atoms with E-state index in [2.05, 4.69) is 31.4 Å². The molecular formula is C24H24ClF3N4O. The quantitative estimate of drug-likeness (QED) is 0.451. The highest BCUT2D eigenvalue weighted by molar-refractivity contribution is 6.30. The van der Waals surface area contributed by atoms with Gasteiger partial charge in [-0.05, 0) is 80.1 Å². The molecule has 2 heterocycles. The van der Waals surface area contributed by atoms with Gasteiger partial charge in [0.05, 0.1) is 12.2 Å². The summed E-state index contributed by atoms with van der Waals surface area (Å²) in [5.74, 6) is 2.14. The van der Waals surface area contributed by atoms with Crippen molar-refractivity contribution in [3.63, 3.8) is 0 Å². The summed E-state index contributed by atoms with van der Waals surface area (Å²) >= 11 is 6.26. The van der Waals surface area contributed by atoms with Crippen molar-refractivity contribution in [2.45, 2.75) is 57.0 Å². The number of hydrogen-bond acceptors (Lipinski definition) is 4. The summed E-state index contributed by atoms with van der Waals surface area (Å²) in [6, 6.07) is 12.3. The molecule has 2 aromatic carbocycles. The Morgan fingerprint density at radius 2 is 1.73 bits per heavy atom. The van der Waals surface area contributed by atoms with Crippen molar-refractivity contribution in [2.75, 3.05) is 7.05 Å². The number of nitrogens with zero attached hydrogens (tertiary/aromatic N) is 4. The predicted molar refractivity (Wildman–Crippen MR) is 119 cm³/mol. The maximum Gasteiger partial charge on any atom is 0.573 e. The molecule has 0 atom stereocenters. The van der Waals surface area contributed by atoms with Gasteiger partial charge in [-0.3, -0.25) is 9.47 Å². The molecule has 0 amide bonds. The summed E-state index contributed by atoms with van der Waals surface area (Å²) in [7, 11) is 2.05. The molecule has 0 unspecified atom stereocenters. The molecular weight excluding hydrogens is 453 g/mol. The van der Waals surface area contributed by atoms with E-state index in [1.807, 2.05) is 24.3 Å². The van der Waals surface area contributed by atoms with Crippen molar-refractivity contribution in [3.8, 4) is 11.4 Å². The van der Waals surface area contributed by atoms with E-state index < -0.39 is 6.36 Å². The second kappa shape index (κ2) is 8.65. The van der Waals surface area contributed by atoms with E-state index >= 15 is 0 Å². The van der Waals surface area contributed by atoms with Crippen LogP contribution in [0.3, 0.4) is 0 Å². The van der Waals surface area contributed by atoms with Crippen molar-refractivity contribution in [1.29, 1.82) is 0 Å². The van der Waals surface area contributed by atoms with Crippen LogP contribution in [0.15, 0.2) is 42.5 Å². The zero-order valence-electron chi connectivity index (χ0n) is 18.1. The number of benzene rings is 2. The summed E-state index contributed by atoms with van der Waals surface area (Å²) in [6.07, 6.45) is -1.15. The van der Waals surface area contributed by atoms with Crippen LogP contribution in [0.4, 0.5) is 13.2 Å². The van der Waals surface area contributed by atoms with Crippen LogP contribution in [0, 0.1) is 0 Å². The lowest BCUT2D eigenvalue weighted by atomic mass is 9.78. The van der Waals surface area contributed by atoms with Gasteiger partial charge in [-0.15, -0.1) is 23.4 Å². The first kappa shape index (κ1) is 22.2. The Kier molecular flexibility index (Phi) is 5.82. The molecule has 3 aromatic rings. The summed E-state index contributed by atoms with van der Waals surface area (Å²) in [5, 5.41) is 9.79. The van der Waals surface area contributed by atoms with Gasteiger partial charge < -0.3 is 4.74 Å². The smallest absolute Gasteiger partial charge is 0.406 e. The lowest BCUT2D eigenvalue weighted by molar-refractivity contribution is -0.274. The lowest BCUT2D eigenvalue weighted by Crippen LogP contribution is -2.18. The zero-order valence-corrected chi connectivity index (χ0v) is 18.9. The maximum absolute atomic E-state index is 12.6. The first-order chi connectivity index (χ1) is 15.8. The molecule has 0 spiro atoms. The molecule has 0 saturated heterocycles. The fraction of sp³-hybridized carbons (Fsp3) is 0.417. The van der Waals surface area contributed by atoms with Crippen LogP contribution in [-0.2, 0) is 13.1 Å². The third-order valence-corrected chi connectivity index (χ3v) is 6.78. The average Bonchev–Trinajstić information content (AvgIpc) is 3.10. The first-order valence-electron chi connectivity index (χ1n) is 11.0. The van der Waals surface area contributed by atoms with Crippen LogP contribution in [0.5, 0.6) is 5.75 Å². The fourth-order valence-electron chi connectivity index (χ4n) is 5.10.